The first-order chi connectivity index (χ1) is 10.2. The third-order valence-corrected chi connectivity index (χ3v) is 5.04. The minimum atomic E-state index is -0.188. The van der Waals surface area contributed by atoms with Gasteiger partial charge in [0.2, 0.25) is 5.91 Å². The summed E-state index contributed by atoms with van der Waals surface area (Å²) < 4.78 is 5.07. The second-order valence-corrected chi connectivity index (χ2v) is 6.26. The van der Waals surface area contributed by atoms with E-state index in [9.17, 15) is 9.59 Å². The van der Waals surface area contributed by atoms with Gasteiger partial charge >= 0.3 is 6.09 Å². The molecule has 2 bridgehead atoms. The van der Waals surface area contributed by atoms with E-state index in [0.717, 1.165) is 38.9 Å². The number of fused-ring (bicyclic) bond motifs is 2. The Morgan fingerprint density at radius 2 is 1.90 bits per heavy atom. The van der Waals surface area contributed by atoms with Gasteiger partial charge in [-0.05, 0) is 32.6 Å². The molecule has 2 amide bonds. The molecule has 118 valence electrons. The largest absolute Gasteiger partial charge is 0.450 e. The predicted octanol–water partition coefficient (Wildman–Crippen LogP) is 0.960. The van der Waals surface area contributed by atoms with Gasteiger partial charge in [0.25, 0.3) is 0 Å². The van der Waals surface area contributed by atoms with Crippen molar-refractivity contribution < 1.29 is 14.3 Å². The quantitative estimate of drug-likeness (QED) is 0.824. The molecule has 0 aromatic rings. The lowest BCUT2D eigenvalue weighted by molar-refractivity contribution is -0.121. The highest BCUT2D eigenvalue weighted by Crippen LogP contribution is 2.33. The highest BCUT2D eigenvalue weighted by Gasteiger charge is 2.42. The van der Waals surface area contributed by atoms with E-state index in [0.29, 0.717) is 31.2 Å². The standard InChI is InChI=1S/C15H25N3O3/c1-2-21-15(20)17-7-5-11(6-8-17)18-12-3-4-13(18)10-16-14(19)9-12/h11-13H,2-10H2,1H3,(H,16,19)/t12-,13+/m0/s1. The number of rotatable bonds is 2. The Morgan fingerprint density at radius 3 is 2.62 bits per heavy atom. The molecule has 0 radical (unpaired) electrons. The van der Waals surface area contributed by atoms with Crippen molar-refractivity contribution >= 4 is 12.0 Å². The van der Waals surface area contributed by atoms with Gasteiger partial charge in [-0.1, -0.05) is 0 Å². The Hall–Kier alpha value is -1.30. The average Bonchev–Trinajstić information content (AvgIpc) is 2.79. The first-order valence-electron chi connectivity index (χ1n) is 8.15. The first-order valence-corrected chi connectivity index (χ1v) is 8.15. The van der Waals surface area contributed by atoms with Crippen molar-refractivity contribution in [2.24, 2.45) is 0 Å². The van der Waals surface area contributed by atoms with Crippen LogP contribution in [0.5, 0.6) is 0 Å². The Morgan fingerprint density at radius 1 is 1.19 bits per heavy atom. The molecule has 0 aromatic heterocycles. The molecule has 0 aromatic carbocycles. The molecule has 0 unspecified atom stereocenters. The van der Waals surface area contributed by atoms with Gasteiger partial charge in [0.1, 0.15) is 0 Å². The van der Waals surface area contributed by atoms with Crippen LogP contribution in [0.4, 0.5) is 4.79 Å². The molecule has 3 fully saturated rings. The van der Waals surface area contributed by atoms with E-state index < -0.39 is 0 Å². The summed E-state index contributed by atoms with van der Waals surface area (Å²) in [6, 6.07) is 1.39. The van der Waals surface area contributed by atoms with E-state index in [1.807, 2.05) is 11.8 Å². The first kappa shape index (κ1) is 14.6. The summed E-state index contributed by atoms with van der Waals surface area (Å²) in [6.45, 7) is 4.58. The predicted molar refractivity (Wildman–Crippen MR) is 77.9 cm³/mol. The van der Waals surface area contributed by atoms with Crippen LogP contribution in [0.15, 0.2) is 0 Å². The lowest BCUT2D eigenvalue weighted by Crippen LogP contribution is -2.51. The molecule has 6 heteroatoms. The molecule has 6 nitrogen and oxygen atoms in total. The maximum absolute atomic E-state index is 11.8. The minimum Gasteiger partial charge on any atom is -0.450 e. The summed E-state index contributed by atoms with van der Waals surface area (Å²) in [7, 11) is 0. The molecule has 3 rings (SSSR count). The van der Waals surface area contributed by atoms with Gasteiger partial charge in [-0.15, -0.1) is 0 Å². The van der Waals surface area contributed by atoms with Crippen molar-refractivity contribution in [3.8, 4) is 0 Å². The number of piperidine rings is 1. The Balaban J connectivity index is 1.59. The fourth-order valence-electron chi connectivity index (χ4n) is 4.07. The Labute approximate surface area is 125 Å². The van der Waals surface area contributed by atoms with E-state index in [1.165, 1.54) is 6.42 Å². The molecular weight excluding hydrogens is 270 g/mol. The van der Waals surface area contributed by atoms with Crippen molar-refractivity contribution in [1.82, 2.24) is 15.1 Å². The van der Waals surface area contributed by atoms with Crippen LogP contribution in [-0.2, 0) is 9.53 Å². The topological polar surface area (TPSA) is 61.9 Å². The Kier molecular flexibility index (Phi) is 4.33. The number of likely N-dealkylation sites (tertiary alicyclic amines) is 1. The number of amides is 2. The fourth-order valence-corrected chi connectivity index (χ4v) is 4.07. The van der Waals surface area contributed by atoms with Crippen LogP contribution in [0.3, 0.4) is 0 Å². The lowest BCUT2D eigenvalue weighted by atomic mass is 10.0. The van der Waals surface area contributed by atoms with Crippen LogP contribution in [0, 0.1) is 0 Å². The zero-order chi connectivity index (χ0) is 14.8. The second kappa shape index (κ2) is 6.22. The average molecular weight is 295 g/mol. The van der Waals surface area contributed by atoms with E-state index in [1.54, 1.807) is 0 Å². The zero-order valence-electron chi connectivity index (χ0n) is 12.7. The molecule has 21 heavy (non-hydrogen) atoms. The van der Waals surface area contributed by atoms with Crippen molar-refractivity contribution in [1.29, 1.82) is 0 Å². The molecule has 0 saturated carbocycles. The third kappa shape index (κ3) is 3.00. The van der Waals surface area contributed by atoms with E-state index in [-0.39, 0.29) is 12.0 Å². The third-order valence-electron chi connectivity index (χ3n) is 5.04. The number of nitrogens with zero attached hydrogens (tertiary/aromatic N) is 2. The normalized spacial score (nSPS) is 30.9. The summed E-state index contributed by atoms with van der Waals surface area (Å²) in [5, 5.41) is 3.02. The molecule has 3 aliphatic rings. The molecule has 3 heterocycles. The van der Waals surface area contributed by atoms with Gasteiger partial charge in [-0.2, -0.15) is 0 Å². The Bertz CT molecular complexity index is 407. The van der Waals surface area contributed by atoms with Crippen LogP contribution in [0.1, 0.15) is 39.0 Å². The van der Waals surface area contributed by atoms with Gasteiger partial charge in [0.05, 0.1) is 6.61 Å². The number of nitrogens with one attached hydrogen (secondary N) is 1. The molecule has 3 saturated heterocycles. The van der Waals surface area contributed by atoms with Gasteiger partial charge in [0, 0.05) is 44.2 Å². The minimum absolute atomic E-state index is 0.188. The molecule has 0 aliphatic carbocycles. The number of carbonyl (C=O) groups excluding carboxylic acids is 2. The summed E-state index contributed by atoms with van der Waals surface area (Å²) in [6.07, 6.45) is 4.74. The summed E-state index contributed by atoms with van der Waals surface area (Å²) >= 11 is 0. The number of hydrogen-bond acceptors (Lipinski definition) is 4. The van der Waals surface area contributed by atoms with Gasteiger partial charge < -0.3 is 15.0 Å². The van der Waals surface area contributed by atoms with E-state index in [2.05, 4.69) is 10.2 Å². The lowest BCUT2D eigenvalue weighted by Gasteiger charge is -2.40. The highest BCUT2D eigenvalue weighted by molar-refractivity contribution is 5.77. The van der Waals surface area contributed by atoms with Crippen molar-refractivity contribution in [2.75, 3.05) is 26.2 Å². The van der Waals surface area contributed by atoms with Gasteiger partial charge in [-0.25, -0.2) is 4.79 Å². The zero-order valence-corrected chi connectivity index (χ0v) is 12.7. The summed E-state index contributed by atoms with van der Waals surface area (Å²) in [5.74, 6) is 0.191. The van der Waals surface area contributed by atoms with Crippen molar-refractivity contribution in [3.05, 3.63) is 0 Å². The maximum Gasteiger partial charge on any atom is 0.409 e. The number of hydrogen-bond donors (Lipinski definition) is 1. The van der Waals surface area contributed by atoms with E-state index >= 15 is 0 Å². The summed E-state index contributed by atoms with van der Waals surface area (Å²) in [5.41, 5.74) is 0. The van der Waals surface area contributed by atoms with Crippen LogP contribution in [-0.4, -0.2) is 66.2 Å². The van der Waals surface area contributed by atoms with Gasteiger partial charge in [-0.3, -0.25) is 9.69 Å². The molecule has 3 aliphatic heterocycles. The smallest absolute Gasteiger partial charge is 0.409 e. The van der Waals surface area contributed by atoms with Gasteiger partial charge in [0.15, 0.2) is 0 Å². The maximum atomic E-state index is 11.8. The SMILES string of the molecule is CCOC(=O)N1CCC(N2[C@@H]3CC[C@H]2CC(=O)NC3)CC1. The monoisotopic (exact) mass is 295 g/mol. The van der Waals surface area contributed by atoms with Crippen molar-refractivity contribution in [2.45, 2.75) is 57.2 Å². The molecule has 0 spiro atoms. The van der Waals surface area contributed by atoms with Crippen LogP contribution in [0.2, 0.25) is 0 Å². The van der Waals surface area contributed by atoms with Crippen LogP contribution >= 0.6 is 0 Å². The van der Waals surface area contributed by atoms with E-state index in [4.69, 9.17) is 4.74 Å². The molecule has 2 atom stereocenters. The molecule has 1 N–H and O–H groups in total. The molecular formula is C15H25N3O3. The summed E-state index contributed by atoms with van der Waals surface area (Å²) in [4.78, 5) is 27.8. The van der Waals surface area contributed by atoms with Crippen LogP contribution < -0.4 is 5.32 Å². The number of ether oxygens (including phenoxy) is 1. The highest BCUT2D eigenvalue weighted by atomic mass is 16.6. The fraction of sp³-hybridized carbons (Fsp3) is 0.867. The van der Waals surface area contributed by atoms with Crippen molar-refractivity contribution in [3.63, 3.8) is 0 Å². The van der Waals surface area contributed by atoms with Crippen LogP contribution in [0.25, 0.3) is 0 Å². The second-order valence-electron chi connectivity index (χ2n) is 6.26. The number of carbonyl (C=O) groups is 2.